The van der Waals surface area contributed by atoms with E-state index in [2.05, 4.69) is 0 Å². The fraction of sp³-hybridized carbons (Fsp3) is 0.300. The molecule has 0 bridgehead atoms. The highest BCUT2D eigenvalue weighted by molar-refractivity contribution is 8.23. The molecule has 0 aliphatic rings. The van der Waals surface area contributed by atoms with E-state index in [1.165, 1.54) is 11.8 Å². The van der Waals surface area contributed by atoms with E-state index < -0.39 is 0 Å². The molecule has 0 aliphatic carbocycles. The monoisotopic (exact) mass is 228 g/mol. The highest BCUT2D eigenvalue weighted by atomic mass is 32.2. The molecule has 2 nitrogen and oxygen atoms in total. The van der Waals surface area contributed by atoms with Crippen molar-refractivity contribution in [2.75, 3.05) is 20.2 Å². The first-order chi connectivity index (χ1) is 6.79. The zero-order valence-electron chi connectivity index (χ0n) is 8.15. The number of ether oxygens (including phenoxy) is 2. The topological polar surface area (TPSA) is 18.5 Å². The Balaban J connectivity index is 2.85. The first kappa shape index (κ1) is 11.5. The number of hydrogen-bond donors (Lipinski definition) is 0. The van der Waals surface area contributed by atoms with Crippen molar-refractivity contribution in [2.24, 2.45) is 0 Å². The molecule has 0 heterocycles. The van der Waals surface area contributed by atoms with Gasteiger partial charge in [-0.2, -0.15) is 0 Å². The van der Waals surface area contributed by atoms with E-state index in [4.69, 9.17) is 21.7 Å². The maximum atomic E-state index is 5.39. The summed E-state index contributed by atoms with van der Waals surface area (Å²) in [4.78, 5) is 0. The Hall–Kier alpha value is -0.580. The highest BCUT2D eigenvalue weighted by Gasteiger charge is 2.06. The third-order valence-corrected chi connectivity index (χ3v) is 2.94. The van der Waals surface area contributed by atoms with E-state index >= 15 is 0 Å². The van der Waals surface area contributed by atoms with Crippen LogP contribution in [-0.4, -0.2) is 24.4 Å². The standard InChI is InChI=1S/C10H12O2S2/c1-11-7-12-9-6-4-3-5-8(9)10(13)14-2/h3-6H,7H2,1-2H3. The summed E-state index contributed by atoms with van der Waals surface area (Å²) in [6.07, 6.45) is 1.95. The molecule has 1 aromatic carbocycles. The Kier molecular flexibility index (Phi) is 4.93. The fourth-order valence-corrected chi connectivity index (χ4v) is 1.55. The van der Waals surface area contributed by atoms with E-state index in [0.29, 0.717) is 0 Å². The quantitative estimate of drug-likeness (QED) is 0.582. The number of thioether (sulfide) groups is 1. The van der Waals surface area contributed by atoms with Gasteiger partial charge in [-0.05, 0) is 18.4 Å². The summed E-state index contributed by atoms with van der Waals surface area (Å²) >= 11 is 6.74. The first-order valence-corrected chi connectivity index (χ1v) is 5.72. The molecular formula is C10H12O2S2. The van der Waals surface area contributed by atoms with Gasteiger partial charge in [-0.25, -0.2) is 0 Å². The SMILES string of the molecule is COCOc1ccccc1C(=S)SC. The van der Waals surface area contributed by atoms with Gasteiger partial charge in [0.15, 0.2) is 6.79 Å². The molecule has 0 amide bonds. The van der Waals surface area contributed by atoms with Crippen LogP contribution in [0.15, 0.2) is 24.3 Å². The van der Waals surface area contributed by atoms with Crippen LogP contribution in [0.1, 0.15) is 5.56 Å². The van der Waals surface area contributed by atoms with Crippen molar-refractivity contribution in [2.45, 2.75) is 0 Å². The van der Waals surface area contributed by atoms with Crippen LogP contribution in [0.4, 0.5) is 0 Å². The Labute approximate surface area is 93.6 Å². The van der Waals surface area contributed by atoms with Gasteiger partial charge < -0.3 is 9.47 Å². The second-order valence-corrected chi connectivity index (χ2v) is 4.02. The number of benzene rings is 1. The van der Waals surface area contributed by atoms with Crippen LogP contribution in [0.25, 0.3) is 0 Å². The van der Waals surface area contributed by atoms with Gasteiger partial charge in [0.1, 0.15) is 5.75 Å². The largest absolute Gasteiger partial charge is 0.467 e. The zero-order valence-corrected chi connectivity index (χ0v) is 9.78. The molecule has 0 N–H and O–H groups in total. The summed E-state index contributed by atoms with van der Waals surface area (Å²) in [5.74, 6) is 0.772. The van der Waals surface area contributed by atoms with Crippen LogP contribution in [0.5, 0.6) is 5.75 Å². The summed E-state index contributed by atoms with van der Waals surface area (Å²) < 4.78 is 11.1. The van der Waals surface area contributed by atoms with E-state index in [0.717, 1.165) is 15.5 Å². The number of thiocarbonyl (C=S) groups is 1. The van der Waals surface area contributed by atoms with Gasteiger partial charge in [0.2, 0.25) is 0 Å². The van der Waals surface area contributed by atoms with Gasteiger partial charge in [-0.3, -0.25) is 0 Å². The van der Waals surface area contributed by atoms with Crippen molar-refractivity contribution < 1.29 is 9.47 Å². The van der Waals surface area contributed by atoms with Gasteiger partial charge in [0.05, 0.1) is 4.20 Å². The van der Waals surface area contributed by atoms with E-state index in [1.54, 1.807) is 7.11 Å². The number of para-hydroxylation sites is 1. The van der Waals surface area contributed by atoms with E-state index in [1.807, 2.05) is 30.5 Å². The second-order valence-electron chi connectivity index (χ2n) is 2.54. The molecule has 0 atom stereocenters. The minimum Gasteiger partial charge on any atom is -0.467 e. The van der Waals surface area contributed by atoms with Gasteiger partial charge in [0.25, 0.3) is 0 Å². The predicted octanol–water partition coefficient (Wildman–Crippen LogP) is 2.71. The van der Waals surface area contributed by atoms with Crippen molar-refractivity contribution in [1.29, 1.82) is 0 Å². The average Bonchev–Trinajstić information content (AvgIpc) is 2.25. The summed E-state index contributed by atoms with van der Waals surface area (Å²) in [5, 5.41) is 0. The van der Waals surface area contributed by atoms with Crippen LogP contribution in [-0.2, 0) is 4.74 Å². The molecule has 0 saturated heterocycles. The number of hydrogen-bond acceptors (Lipinski definition) is 4. The van der Waals surface area contributed by atoms with Crippen molar-refractivity contribution in [3.8, 4) is 5.75 Å². The third-order valence-electron chi connectivity index (χ3n) is 1.62. The molecule has 0 aromatic heterocycles. The normalized spacial score (nSPS) is 9.86. The molecule has 0 fully saturated rings. The summed E-state index contributed by atoms with van der Waals surface area (Å²) in [6.45, 7) is 0.244. The Morgan fingerprint density at radius 1 is 1.43 bits per heavy atom. The molecule has 4 heteroatoms. The van der Waals surface area contributed by atoms with Gasteiger partial charge in [-0.1, -0.05) is 24.4 Å². The maximum absolute atomic E-state index is 5.39. The average molecular weight is 228 g/mol. The molecule has 0 unspecified atom stereocenters. The molecule has 0 spiro atoms. The van der Waals surface area contributed by atoms with Crippen molar-refractivity contribution >= 4 is 28.2 Å². The molecule has 76 valence electrons. The van der Waals surface area contributed by atoms with Gasteiger partial charge in [0, 0.05) is 12.7 Å². The Morgan fingerprint density at radius 3 is 2.79 bits per heavy atom. The van der Waals surface area contributed by atoms with E-state index in [9.17, 15) is 0 Å². The van der Waals surface area contributed by atoms with Crippen molar-refractivity contribution in [1.82, 2.24) is 0 Å². The first-order valence-electron chi connectivity index (χ1n) is 4.08. The maximum Gasteiger partial charge on any atom is 0.188 e. The van der Waals surface area contributed by atoms with Crippen LogP contribution >= 0.6 is 24.0 Å². The van der Waals surface area contributed by atoms with Gasteiger partial charge >= 0.3 is 0 Å². The molecule has 0 saturated carbocycles. The lowest BCUT2D eigenvalue weighted by Gasteiger charge is -2.09. The molecular weight excluding hydrogens is 216 g/mol. The molecule has 1 aromatic rings. The summed E-state index contributed by atoms with van der Waals surface area (Å²) in [6, 6.07) is 7.69. The number of rotatable bonds is 4. The van der Waals surface area contributed by atoms with Crippen molar-refractivity contribution in [3.05, 3.63) is 29.8 Å². The Morgan fingerprint density at radius 2 is 2.14 bits per heavy atom. The van der Waals surface area contributed by atoms with Crippen molar-refractivity contribution in [3.63, 3.8) is 0 Å². The molecule has 0 aliphatic heterocycles. The highest BCUT2D eigenvalue weighted by Crippen LogP contribution is 2.22. The molecule has 0 radical (unpaired) electrons. The van der Waals surface area contributed by atoms with Crippen LogP contribution in [0.2, 0.25) is 0 Å². The smallest absolute Gasteiger partial charge is 0.188 e. The lowest BCUT2D eigenvalue weighted by atomic mass is 10.2. The van der Waals surface area contributed by atoms with Crippen LogP contribution in [0, 0.1) is 0 Å². The third kappa shape index (κ3) is 2.97. The van der Waals surface area contributed by atoms with Gasteiger partial charge in [-0.15, -0.1) is 11.8 Å². The minimum absolute atomic E-state index is 0.244. The van der Waals surface area contributed by atoms with Crippen LogP contribution in [0.3, 0.4) is 0 Å². The molecule has 1 rings (SSSR count). The minimum atomic E-state index is 0.244. The zero-order chi connectivity index (χ0) is 10.4. The fourth-order valence-electron chi connectivity index (χ4n) is 0.994. The predicted molar refractivity (Wildman–Crippen MR) is 64.2 cm³/mol. The van der Waals surface area contributed by atoms with Crippen LogP contribution < -0.4 is 4.74 Å². The Bertz CT molecular complexity index is 313. The summed E-state index contributed by atoms with van der Waals surface area (Å²) in [7, 11) is 1.59. The van der Waals surface area contributed by atoms with E-state index in [-0.39, 0.29) is 6.79 Å². The number of methoxy groups -OCH3 is 1. The summed E-state index contributed by atoms with van der Waals surface area (Å²) in [5.41, 5.74) is 0.951. The lowest BCUT2D eigenvalue weighted by molar-refractivity contribution is 0.0510. The second kappa shape index (κ2) is 6.01. The molecule has 14 heavy (non-hydrogen) atoms. The lowest BCUT2D eigenvalue weighted by Crippen LogP contribution is -2.03.